The third-order valence-corrected chi connectivity index (χ3v) is 3.37. The Kier molecular flexibility index (Phi) is 8.35. The quantitative estimate of drug-likeness (QED) is 0.651. The zero-order chi connectivity index (χ0) is 15.7. The molecule has 0 spiro atoms. The van der Waals surface area contributed by atoms with Gasteiger partial charge in [-0.25, -0.2) is 0 Å². The number of aliphatic hydroxyl groups excluding tert-OH is 1. The van der Waals surface area contributed by atoms with Gasteiger partial charge in [0, 0.05) is 25.7 Å². The van der Waals surface area contributed by atoms with Crippen LogP contribution < -0.4 is 10.5 Å². The summed E-state index contributed by atoms with van der Waals surface area (Å²) in [5, 5.41) is 10.2. The Labute approximate surface area is 128 Å². The predicted molar refractivity (Wildman–Crippen MR) is 85.7 cm³/mol. The molecule has 0 aromatic heterocycles. The fraction of sp³-hybridized carbons (Fsp3) is 0.647. The molecule has 1 rings (SSSR count). The Morgan fingerprint density at radius 2 is 1.86 bits per heavy atom. The third kappa shape index (κ3) is 6.46. The molecule has 0 radical (unpaired) electrons. The summed E-state index contributed by atoms with van der Waals surface area (Å²) in [6.45, 7) is 8.53. The fourth-order valence-corrected chi connectivity index (χ4v) is 2.14. The SMILES string of the molecule is CCOCCC(O)C(CN)c1ccc(OCC(C)C)cc1. The van der Waals surface area contributed by atoms with E-state index in [2.05, 4.69) is 13.8 Å². The number of nitrogens with two attached hydrogens (primary N) is 1. The van der Waals surface area contributed by atoms with Crippen molar-refractivity contribution in [2.75, 3.05) is 26.4 Å². The van der Waals surface area contributed by atoms with Gasteiger partial charge in [0.2, 0.25) is 0 Å². The van der Waals surface area contributed by atoms with Crippen molar-refractivity contribution in [2.45, 2.75) is 39.2 Å². The standard InChI is InChI=1S/C17H29NO3/c1-4-20-10-9-17(19)16(11-18)14-5-7-15(8-6-14)21-12-13(2)3/h5-8,13,16-17,19H,4,9-12,18H2,1-3H3. The van der Waals surface area contributed by atoms with Gasteiger partial charge in [-0.05, 0) is 37.0 Å². The number of ether oxygens (including phenoxy) is 2. The van der Waals surface area contributed by atoms with Gasteiger partial charge in [-0.3, -0.25) is 0 Å². The van der Waals surface area contributed by atoms with Crippen molar-refractivity contribution in [1.29, 1.82) is 0 Å². The average molecular weight is 295 g/mol. The molecule has 2 unspecified atom stereocenters. The van der Waals surface area contributed by atoms with Crippen LogP contribution in [0.15, 0.2) is 24.3 Å². The smallest absolute Gasteiger partial charge is 0.119 e. The molecule has 3 N–H and O–H groups in total. The minimum atomic E-state index is -0.482. The molecule has 0 amide bonds. The molecule has 0 saturated carbocycles. The molecule has 0 fully saturated rings. The predicted octanol–water partition coefficient (Wildman–Crippen LogP) is 2.55. The highest BCUT2D eigenvalue weighted by atomic mass is 16.5. The lowest BCUT2D eigenvalue weighted by molar-refractivity contribution is 0.0752. The van der Waals surface area contributed by atoms with Gasteiger partial charge in [0.15, 0.2) is 0 Å². The molecular weight excluding hydrogens is 266 g/mol. The maximum absolute atomic E-state index is 10.2. The van der Waals surface area contributed by atoms with Crippen molar-refractivity contribution >= 4 is 0 Å². The highest BCUT2D eigenvalue weighted by Crippen LogP contribution is 2.23. The van der Waals surface area contributed by atoms with Gasteiger partial charge in [-0.15, -0.1) is 0 Å². The van der Waals surface area contributed by atoms with E-state index in [0.717, 1.165) is 11.3 Å². The first-order valence-corrected chi connectivity index (χ1v) is 7.77. The number of hydrogen-bond donors (Lipinski definition) is 2. The molecule has 0 saturated heterocycles. The van der Waals surface area contributed by atoms with Crippen LogP contribution in [0, 0.1) is 5.92 Å². The van der Waals surface area contributed by atoms with Crippen LogP contribution in [0.2, 0.25) is 0 Å². The number of rotatable bonds is 10. The first-order chi connectivity index (χ1) is 10.1. The fourth-order valence-electron chi connectivity index (χ4n) is 2.14. The first kappa shape index (κ1) is 18.0. The van der Waals surface area contributed by atoms with Crippen molar-refractivity contribution in [1.82, 2.24) is 0 Å². The highest BCUT2D eigenvalue weighted by molar-refractivity contribution is 5.30. The largest absolute Gasteiger partial charge is 0.493 e. The number of hydrogen-bond acceptors (Lipinski definition) is 4. The van der Waals surface area contributed by atoms with Crippen LogP contribution in [0.4, 0.5) is 0 Å². The second kappa shape index (κ2) is 9.77. The molecule has 0 heterocycles. The zero-order valence-electron chi connectivity index (χ0n) is 13.4. The summed E-state index contributed by atoms with van der Waals surface area (Å²) < 4.78 is 10.9. The Morgan fingerprint density at radius 1 is 1.19 bits per heavy atom. The van der Waals surface area contributed by atoms with Gasteiger partial charge in [-0.2, -0.15) is 0 Å². The molecule has 21 heavy (non-hydrogen) atoms. The van der Waals surface area contributed by atoms with E-state index < -0.39 is 6.10 Å². The Balaban J connectivity index is 2.59. The molecule has 1 aromatic carbocycles. The zero-order valence-corrected chi connectivity index (χ0v) is 13.4. The maximum Gasteiger partial charge on any atom is 0.119 e. The monoisotopic (exact) mass is 295 g/mol. The van der Waals surface area contributed by atoms with Crippen LogP contribution in [-0.2, 0) is 4.74 Å². The molecule has 2 atom stereocenters. The van der Waals surface area contributed by atoms with Gasteiger partial charge in [0.1, 0.15) is 5.75 Å². The van der Waals surface area contributed by atoms with Gasteiger partial charge < -0.3 is 20.3 Å². The second-order valence-electron chi connectivity index (χ2n) is 5.67. The second-order valence-corrected chi connectivity index (χ2v) is 5.67. The maximum atomic E-state index is 10.2. The highest BCUT2D eigenvalue weighted by Gasteiger charge is 2.19. The molecule has 0 aliphatic carbocycles. The van der Waals surface area contributed by atoms with Crippen molar-refractivity contribution < 1.29 is 14.6 Å². The summed E-state index contributed by atoms with van der Waals surface area (Å²) in [6.07, 6.45) is 0.116. The van der Waals surface area contributed by atoms with E-state index in [1.54, 1.807) is 0 Å². The van der Waals surface area contributed by atoms with Crippen molar-refractivity contribution in [3.63, 3.8) is 0 Å². The Morgan fingerprint density at radius 3 is 2.38 bits per heavy atom. The number of aliphatic hydroxyl groups is 1. The third-order valence-electron chi connectivity index (χ3n) is 3.37. The van der Waals surface area contributed by atoms with Gasteiger partial charge in [0.25, 0.3) is 0 Å². The average Bonchev–Trinajstić information content (AvgIpc) is 2.47. The van der Waals surface area contributed by atoms with E-state index in [-0.39, 0.29) is 5.92 Å². The minimum Gasteiger partial charge on any atom is -0.493 e. The van der Waals surface area contributed by atoms with Crippen LogP contribution in [-0.4, -0.2) is 37.6 Å². The van der Waals surface area contributed by atoms with Crippen LogP contribution in [0.25, 0.3) is 0 Å². The van der Waals surface area contributed by atoms with E-state index in [9.17, 15) is 5.11 Å². The van der Waals surface area contributed by atoms with Gasteiger partial charge in [0.05, 0.1) is 12.7 Å². The lowest BCUT2D eigenvalue weighted by atomic mass is 9.92. The molecule has 0 aliphatic heterocycles. The normalized spacial score (nSPS) is 14.2. The Hall–Kier alpha value is -1.10. The van der Waals surface area contributed by atoms with E-state index in [4.69, 9.17) is 15.2 Å². The summed E-state index contributed by atoms with van der Waals surface area (Å²) in [6, 6.07) is 7.85. The van der Waals surface area contributed by atoms with Crippen LogP contribution >= 0.6 is 0 Å². The summed E-state index contributed by atoms with van der Waals surface area (Å²) in [7, 11) is 0. The van der Waals surface area contributed by atoms with Crippen molar-refractivity contribution in [2.24, 2.45) is 11.7 Å². The van der Waals surface area contributed by atoms with Crippen LogP contribution in [0.3, 0.4) is 0 Å². The Bertz CT molecular complexity index is 378. The summed E-state index contributed by atoms with van der Waals surface area (Å²) >= 11 is 0. The minimum absolute atomic E-state index is 0.0652. The lowest BCUT2D eigenvalue weighted by Crippen LogP contribution is -2.27. The van der Waals surface area contributed by atoms with E-state index in [1.165, 1.54) is 0 Å². The van der Waals surface area contributed by atoms with Crippen molar-refractivity contribution in [3.05, 3.63) is 29.8 Å². The molecule has 4 heteroatoms. The molecular formula is C17H29NO3. The van der Waals surface area contributed by atoms with E-state index >= 15 is 0 Å². The van der Waals surface area contributed by atoms with Gasteiger partial charge in [-0.1, -0.05) is 26.0 Å². The molecule has 0 bridgehead atoms. The number of benzene rings is 1. The van der Waals surface area contributed by atoms with E-state index in [1.807, 2.05) is 31.2 Å². The molecule has 4 nitrogen and oxygen atoms in total. The topological polar surface area (TPSA) is 64.7 Å². The summed E-state index contributed by atoms with van der Waals surface area (Å²) in [5.41, 5.74) is 6.85. The van der Waals surface area contributed by atoms with Crippen LogP contribution in [0.1, 0.15) is 38.7 Å². The van der Waals surface area contributed by atoms with Crippen molar-refractivity contribution in [3.8, 4) is 5.75 Å². The summed E-state index contributed by atoms with van der Waals surface area (Å²) in [5.74, 6) is 1.29. The van der Waals surface area contributed by atoms with E-state index in [0.29, 0.717) is 38.7 Å². The molecule has 120 valence electrons. The first-order valence-electron chi connectivity index (χ1n) is 7.77. The summed E-state index contributed by atoms with van der Waals surface area (Å²) in [4.78, 5) is 0. The molecule has 0 aliphatic rings. The lowest BCUT2D eigenvalue weighted by Gasteiger charge is -2.22. The van der Waals surface area contributed by atoms with Gasteiger partial charge >= 0.3 is 0 Å². The molecule has 1 aromatic rings. The van der Waals surface area contributed by atoms with Crippen LogP contribution in [0.5, 0.6) is 5.75 Å².